The number of piperazine rings is 1. The van der Waals surface area contributed by atoms with E-state index in [1.807, 2.05) is 0 Å². The number of hydrogen-bond donors (Lipinski definition) is 1. The van der Waals surface area contributed by atoms with Crippen molar-refractivity contribution in [3.63, 3.8) is 0 Å². The minimum atomic E-state index is 0.350. The summed E-state index contributed by atoms with van der Waals surface area (Å²) in [4.78, 5) is 14.1. The first-order valence-electron chi connectivity index (χ1n) is 5.72. The lowest BCUT2D eigenvalue weighted by Gasteiger charge is -2.41. The standard InChI is InChI=1S/C11H20N2O/c1-8-7-13(9(2)6-12-8)11(14)10-4-3-5-10/h8-10,12H,3-7H2,1-2H3. The van der Waals surface area contributed by atoms with E-state index < -0.39 is 0 Å². The first-order chi connectivity index (χ1) is 6.68. The second kappa shape index (κ2) is 3.89. The van der Waals surface area contributed by atoms with Crippen molar-refractivity contribution >= 4 is 5.91 Å². The van der Waals surface area contributed by atoms with E-state index in [0.717, 1.165) is 25.9 Å². The second-order valence-electron chi connectivity index (χ2n) is 4.78. The number of nitrogens with zero attached hydrogens (tertiary/aromatic N) is 1. The number of amides is 1. The van der Waals surface area contributed by atoms with Crippen molar-refractivity contribution in [2.45, 2.75) is 45.2 Å². The Bertz CT molecular complexity index is 225. The fourth-order valence-electron chi connectivity index (χ4n) is 2.22. The number of rotatable bonds is 1. The van der Waals surface area contributed by atoms with Gasteiger partial charge >= 0.3 is 0 Å². The lowest BCUT2D eigenvalue weighted by molar-refractivity contribution is -0.141. The molecule has 2 atom stereocenters. The van der Waals surface area contributed by atoms with Gasteiger partial charge < -0.3 is 10.2 Å². The third-order valence-corrected chi connectivity index (χ3v) is 3.50. The molecule has 0 spiro atoms. The van der Waals surface area contributed by atoms with Crippen molar-refractivity contribution in [1.82, 2.24) is 10.2 Å². The minimum absolute atomic E-state index is 0.350. The quantitative estimate of drug-likeness (QED) is 0.678. The minimum Gasteiger partial charge on any atom is -0.337 e. The van der Waals surface area contributed by atoms with E-state index in [4.69, 9.17) is 0 Å². The van der Waals surface area contributed by atoms with E-state index in [2.05, 4.69) is 24.1 Å². The van der Waals surface area contributed by atoms with Crippen molar-refractivity contribution in [3.05, 3.63) is 0 Å². The summed E-state index contributed by atoms with van der Waals surface area (Å²) in [6, 6.07) is 0.828. The zero-order chi connectivity index (χ0) is 10.1. The van der Waals surface area contributed by atoms with Gasteiger partial charge in [0.1, 0.15) is 0 Å². The van der Waals surface area contributed by atoms with Crippen molar-refractivity contribution < 1.29 is 4.79 Å². The van der Waals surface area contributed by atoms with E-state index in [-0.39, 0.29) is 0 Å². The summed E-state index contributed by atoms with van der Waals surface area (Å²) >= 11 is 0. The molecule has 0 aromatic rings. The summed E-state index contributed by atoms with van der Waals surface area (Å²) in [5, 5.41) is 3.40. The Hall–Kier alpha value is -0.570. The van der Waals surface area contributed by atoms with Crippen molar-refractivity contribution in [2.24, 2.45) is 5.92 Å². The van der Waals surface area contributed by atoms with Crippen LogP contribution in [0.3, 0.4) is 0 Å². The van der Waals surface area contributed by atoms with Crippen LogP contribution < -0.4 is 5.32 Å². The van der Waals surface area contributed by atoms with Crippen LogP contribution in [-0.4, -0.2) is 36.0 Å². The van der Waals surface area contributed by atoms with E-state index >= 15 is 0 Å². The maximum absolute atomic E-state index is 12.0. The molecule has 1 saturated carbocycles. The van der Waals surface area contributed by atoms with Crippen LogP contribution in [0.1, 0.15) is 33.1 Å². The molecule has 1 heterocycles. The zero-order valence-corrected chi connectivity index (χ0v) is 9.12. The molecule has 1 N–H and O–H groups in total. The van der Waals surface area contributed by atoms with Gasteiger partial charge in [0.25, 0.3) is 0 Å². The van der Waals surface area contributed by atoms with Gasteiger partial charge in [0, 0.05) is 31.1 Å². The summed E-state index contributed by atoms with van der Waals surface area (Å²) in [5.74, 6) is 0.750. The molecule has 2 rings (SSSR count). The van der Waals surface area contributed by atoms with Gasteiger partial charge in [-0.3, -0.25) is 4.79 Å². The molecule has 1 saturated heterocycles. The van der Waals surface area contributed by atoms with E-state index in [1.54, 1.807) is 0 Å². The second-order valence-corrected chi connectivity index (χ2v) is 4.78. The molecular weight excluding hydrogens is 176 g/mol. The molecule has 2 unspecified atom stereocenters. The van der Waals surface area contributed by atoms with Gasteiger partial charge in [-0.25, -0.2) is 0 Å². The van der Waals surface area contributed by atoms with Gasteiger partial charge in [-0.05, 0) is 26.7 Å². The molecule has 2 fully saturated rings. The van der Waals surface area contributed by atoms with Crippen molar-refractivity contribution in [2.75, 3.05) is 13.1 Å². The lowest BCUT2D eigenvalue weighted by Crippen LogP contribution is -2.58. The highest BCUT2D eigenvalue weighted by atomic mass is 16.2. The molecule has 0 radical (unpaired) electrons. The molecule has 2 aliphatic rings. The Morgan fingerprint density at radius 2 is 2.07 bits per heavy atom. The Balaban J connectivity index is 1.96. The molecule has 1 amide bonds. The van der Waals surface area contributed by atoms with Gasteiger partial charge in [-0.2, -0.15) is 0 Å². The highest BCUT2D eigenvalue weighted by Crippen LogP contribution is 2.29. The Morgan fingerprint density at radius 3 is 2.64 bits per heavy atom. The van der Waals surface area contributed by atoms with Crippen LogP contribution in [0.5, 0.6) is 0 Å². The normalized spacial score (nSPS) is 34.0. The van der Waals surface area contributed by atoms with Crippen LogP contribution in [-0.2, 0) is 4.79 Å². The van der Waals surface area contributed by atoms with E-state index in [1.165, 1.54) is 6.42 Å². The van der Waals surface area contributed by atoms with Crippen LogP contribution in [0, 0.1) is 5.92 Å². The predicted molar refractivity (Wildman–Crippen MR) is 56.0 cm³/mol. The van der Waals surface area contributed by atoms with Crippen molar-refractivity contribution in [1.29, 1.82) is 0 Å². The highest BCUT2D eigenvalue weighted by molar-refractivity contribution is 5.80. The van der Waals surface area contributed by atoms with Gasteiger partial charge in [-0.1, -0.05) is 6.42 Å². The molecule has 0 aromatic carbocycles. The average molecular weight is 196 g/mol. The van der Waals surface area contributed by atoms with E-state index in [0.29, 0.717) is 23.9 Å². The monoisotopic (exact) mass is 196 g/mol. The fourth-order valence-corrected chi connectivity index (χ4v) is 2.22. The topological polar surface area (TPSA) is 32.3 Å². The van der Waals surface area contributed by atoms with E-state index in [9.17, 15) is 4.79 Å². The van der Waals surface area contributed by atoms with Gasteiger partial charge in [-0.15, -0.1) is 0 Å². The molecule has 0 aromatic heterocycles. The molecule has 1 aliphatic carbocycles. The summed E-state index contributed by atoms with van der Waals surface area (Å²) in [7, 11) is 0. The van der Waals surface area contributed by atoms with Crippen LogP contribution in [0.15, 0.2) is 0 Å². The molecule has 14 heavy (non-hydrogen) atoms. The van der Waals surface area contributed by atoms with Gasteiger partial charge in [0.15, 0.2) is 0 Å². The Labute approximate surface area is 85.8 Å². The first kappa shape index (κ1) is 9.97. The third kappa shape index (κ3) is 1.78. The zero-order valence-electron chi connectivity index (χ0n) is 9.12. The largest absolute Gasteiger partial charge is 0.337 e. The first-order valence-corrected chi connectivity index (χ1v) is 5.72. The molecule has 3 nitrogen and oxygen atoms in total. The third-order valence-electron chi connectivity index (χ3n) is 3.50. The Kier molecular flexibility index (Phi) is 2.77. The maximum atomic E-state index is 12.0. The molecular formula is C11H20N2O. The summed E-state index contributed by atoms with van der Waals surface area (Å²) in [6.45, 7) is 6.11. The molecule has 0 bridgehead atoms. The highest BCUT2D eigenvalue weighted by Gasteiger charge is 2.33. The molecule has 1 aliphatic heterocycles. The fraction of sp³-hybridized carbons (Fsp3) is 0.909. The average Bonchev–Trinajstić information content (AvgIpc) is 2.06. The molecule has 3 heteroatoms. The number of hydrogen-bond acceptors (Lipinski definition) is 2. The summed E-state index contributed by atoms with van der Waals surface area (Å²) in [5.41, 5.74) is 0. The Morgan fingerprint density at radius 1 is 1.36 bits per heavy atom. The van der Waals surface area contributed by atoms with Gasteiger partial charge in [0.2, 0.25) is 5.91 Å². The maximum Gasteiger partial charge on any atom is 0.226 e. The predicted octanol–water partition coefficient (Wildman–Crippen LogP) is 0.995. The molecule has 80 valence electrons. The SMILES string of the molecule is CC1CN(C(=O)C2CCC2)C(C)CN1. The number of nitrogens with one attached hydrogen (secondary N) is 1. The van der Waals surface area contributed by atoms with Crippen LogP contribution in [0.2, 0.25) is 0 Å². The van der Waals surface area contributed by atoms with Crippen molar-refractivity contribution in [3.8, 4) is 0 Å². The summed E-state index contributed by atoms with van der Waals surface area (Å²) < 4.78 is 0. The van der Waals surface area contributed by atoms with Crippen LogP contribution in [0.4, 0.5) is 0 Å². The lowest BCUT2D eigenvalue weighted by atomic mass is 9.84. The number of carbonyl (C=O) groups is 1. The van der Waals surface area contributed by atoms with Crippen LogP contribution in [0.25, 0.3) is 0 Å². The smallest absolute Gasteiger partial charge is 0.226 e. The van der Waals surface area contributed by atoms with Gasteiger partial charge in [0.05, 0.1) is 0 Å². The summed E-state index contributed by atoms with van der Waals surface area (Å²) in [6.07, 6.45) is 3.47. The number of carbonyl (C=O) groups excluding carboxylic acids is 1. The van der Waals surface area contributed by atoms with Crippen LogP contribution >= 0.6 is 0 Å².